The molecule has 1 aromatic carbocycles. The molecule has 1 heterocycles. The largest absolute Gasteiger partial charge is 0.355 e. The van der Waals surface area contributed by atoms with Gasteiger partial charge in [0.15, 0.2) is 0 Å². The van der Waals surface area contributed by atoms with Gasteiger partial charge in [-0.2, -0.15) is 0 Å². The van der Waals surface area contributed by atoms with Crippen molar-refractivity contribution in [3.8, 4) is 0 Å². The summed E-state index contributed by atoms with van der Waals surface area (Å²) in [6, 6.07) is 8.95. The van der Waals surface area contributed by atoms with Crippen molar-refractivity contribution in [1.82, 2.24) is 16.0 Å². The molecule has 4 heteroatoms. The molecule has 3 N–H and O–H groups in total. The maximum absolute atomic E-state index is 11.5. The normalized spacial score (nSPS) is 20.0. The summed E-state index contributed by atoms with van der Waals surface area (Å²) in [5, 5.41) is 9.79. The Bertz CT molecular complexity index is 438. The third-order valence-corrected chi connectivity index (χ3v) is 4.15. The zero-order chi connectivity index (χ0) is 15.1. The lowest BCUT2D eigenvalue weighted by molar-refractivity contribution is 0.0963. The number of hydrogen-bond acceptors (Lipinski definition) is 3. The average molecular weight is 289 g/mol. The summed E-state index contributed by atoms with van der Waals surface area (Å²) in [4.78, 5) is 11.5. The standard InChI is InChI=1S/C17H27N3O/c1-13(11-16-5-3-4-10-19-16)20-12-14-6-8-15(9-7-14)17(21)18-2/h6-9,13,16,19-20H,3-5,10-12H2,1-2H3,(H,18,21). The van der Waals surface area contributed by atoms with Crippen LogP contribution in [0.2, 0.25) is 0 Å². The van der Waals surface area contributed by atoms with E-state index in [4.69, 9.17) is 0 Å². The molecule has 21 heavy (non-hydrogen) atoms. The first kappa shape index (κ1) is 16.0. The minimum atomic E-state index is -0.0359. The Morgan fingerprint density at radius 2 is 2.10 bits per heavy atom. The van der Waals surface area contributed by atoms with Gasteiger partial charge in [0.25, 0.3) is 5.91 Å². The van der Waals surface area contributed by atoms with Crippen molar-refractivity contribution >= 4 is 5.91 Å². The van der Waals surface area contributed by atoms with Crippen molar-refractivity contribution in [2.75, 3.05) is 13.6 Å². The molecule has 1 aliphatic heterocycles. The molecule has 1 fully saturated rings. The van der Waals surface area contributed by atoms with Crippen molar-refractivity contribution < 1.29 is 4.79 Å². The van der Waals surface area contributed by atoms with Gasteiger partial charge in [-0.15, -0.1) is 0 Å². The molecule has 116 valence electrons. The molecule has 2 unspecified atom stereocenters. The summed E-state index contributed by atoms with van der Waals surface area (Å²) in [5.74, 6) is -0.0359. The Balaban J connectivity index is 1.75. The fraction of sp³-hybridized carbons (Fsp3) is 0.588. The Morgan fingerprint density at radius 1 is 1.33 bits per heavy atom. The minimum Gasteiger partial charge on any atom is -0.355 e. The van der Waals surface area contributed by atoms with Gasteiger partial charge >= 0.3 is 0 Å². The van der Waals surface area contributed by atoms with Gasteiger partial charge in [-0.1, -0.05) is 18.6 Å². The zero-order valence-electron chi connectivity index (χ0n) is 13.1. The molecule has 0 aliphatic carbocycles. The molecule has 1 aromatic rings. The fourth-order valence-corrected chi connectivity index (χ4v) is 2.85. The average Bonchev–Trinajstić information content (AvgIpc) is 2.53. The minimum absolute atomic E-state index is 0.0359. The zero-order valence-corrected chi connectivity index (χ0v) is 13.1. The molecular weight excluding hydrogens is 262 g/mol. The molecule has 4 nitrogen and oxygen atoms in total. The maximum atomic E-state index is 11.5. The van der Waals surface area contributed by atoms with Crippen molar-refractivity contribution in [3.05, 3.63) is 35.4 Å². The van der Waals surface area contributed by atoms with Crippen molar-refractivity contribution in [2.24, 2.45) is 0 Å². The number of nitrogens with one attached hydrogen (secondary N) is 3. The van der Waals surface area contributed by atoms with Crippen LogP contribution in [0.15, 0.2) is 24.3 Å². The van der Waals surface area contributed by atoms with E-state index in [0.717, 1.165) is 6.54 Å². The third-order valence-electron chi connectivity index (χ3n) is 4.15. The van der Waals surface area contributed by atoms with Crippen LogP contribution in [0.1, 0.15) is 48.5 Å². The van der Waals surface area contributed by atoms with Gasteiger partial charge < -0.3 is 16.0 Å². The van der Waals surface area contributed by atoms with E-state index in [2.05, 4.69) is 22.9 Å². The van der Waals surface area contributed by atoms with Crippen molar-refractivity contribution in [2.45, 2.75) is 51.2 Å². The smallest absolute Gasteiger partial charge is 0.251 e. The summed E-state index contributed by atoms with van der Waals surface area (Å²) < 4.78 is 0. The van der Waals surface area contributed by atoms with Crippen LogP contribution in [0.4, 0.5) is 0 Å². The number of hydrogen-bond donors (Lipinski definition) is 3. The highest BCUT2D eigenvalue weighted by Gasteiger charge is 2.15. The number of amides is 1. The second kappa shape index (κ2) is 8.15. The van der Waals surface area contributed by atoms with Crippen LogP contribution in [0, 0.1) is 0 Å². The van der Waals surface area contributed by atoms with Crippen LogP contribution in [0.5, 0.6) is 0 Å². The molecule has 0 aromatic heterocycles. The second-order valence-electron chi connectivity index (χ2n) is 5.94. The molecule has 2 rings (SSSR count). The van der Waals surface area contributed by atoms with E-state index in [1.54, 1.807) is 7.05 Å². The van der Waals surface area contributed by atoms with E-state index in [1.165, 1.54) is 37.8 Å². The highest BCUT2D eigenvalue weighted by atomic mass is 16.1. The third kappa shape index (κ3) is 5.14. The Morgan fingerprint density at radius 3 is 2.71 bits per heavy atom. The van der Waals surface area contributed by atoms with Crippen molar-refractivity contribution in [1.29, 1.82) is 0 Å². The summed E-state index contributed by atoms with van der Waals surface area (Å²) >= 11 is 0. The van der Waals surface area contributed by atoms with Crippen LogP contribution < -0.4 is 16.0 Å². The van der Waals surface area contributed by atoms with Crippen LogP contribution in [0.3, 0.4) is 0 Å². The summed E-state index contributed by atoms with van der Waals surface area (Å²) in [5.41, 5.74) is 1.92. The van der Waals surface area contributed by atoms with E-state index in [9.17, 15) is 4.79 Å². The predicted molar refractivity (Wildman–Crippen MR) is 86.4 cm³/mol. The highest BCUT2D eigenvalue weighted by Crippen LogP contribution is 2.12. The molecule has 0 bridgehead atoms. The van der Waals surface area contributed by atoms with Gasteiger partial charge in [0.1, 0.15) is 0 Å². The predicted octanol–water partition coefficient (Wildman–Crippen LogP) is 2.06. The molecule has 0 spiro atoms. The van der Waals surface area contributed by atoms with Gasteiger partial charge in [-0.05, 0) is 50.4 Å². The monoisotopic (exact) mass is 289 g/mol. The number of benzene rings is 1. The first-order valence-corrected chi connectivity index (χ1v) is 7.97. The molecule has 1 amide bonds. The number of rotatable bonds is 6. The molecular formula is C17H27N3O. The number of piperidine rings is 1. The molecule has 0 radical (unpaired) electrons. The van der Waals surface area contributed by atoms with Crippen LogP contribution in [-0.4, -0.2) is 31.6 Å². The number of carbonyl (C=O) groups excluding carboxylic acids is 1. The van der Waals surface area contributed by atoms with E-state index >= 15 is 0 Å². The molecule has 0 saturated carbocycles. The molecule has 2 atom stereocenters. The van der Waals surface area contributed by atoms with Crippen LogP contribution in [-0.2, 0) is 6.54 Å². The lowest BCUT2D eigenvalue weighted by atomic mass is 9.98. The lowest BCUT2D eigenvalue weighted by Gasteiger charge is -2.26. The fourth-order valence-electron chi connectivity index (χ4n) is 2.85. The highest BCUT2D eigenvalue weighted by molar-refractivity contribution is 5.93. The summed E-state index contributed by atoms with van der Waals surface area (Å²) in [6.07, 6.45) is 5.14. The van der Waals surface area contributed by atoms with E-state index < -0.39 is 0 Å². The van der Waals surface area contributed by atoms with Gasteiger partial charge in [0.2, 0.25) is 0 Å². The van der Waals surface area contributed by atoms with Crippen molar-refractivity contribution in [3.63, 3.8) is 0 Å². The SMILES string of the molecule is CNC(=O)c1ccc(CNC(C)CC2CCCCN2)cc1. The summed E-state index contributed by atoms with van der Waals surface area (Å²) in [6.45, 7) is 4.26. The quantitative estimate of drug-likeness (QED) is 0.751. The van der Waals surface area contributed by atoms with E-state index in [1.807, 2.05) is 24.3 Å². The summed E-state index contributed by atoms with van der Waals surface area (Å²) in [7, 11) is 1.65. The second-order valence-corrected chi connectivity index (χ2v) is 5.94. The first-order chi connectivity index (χ1) is 10.2. The molecule has 1 aliphatic rings. The maximum Gasteiger partial charge on any atom is 0.251 e. The first-order valence-electron chi connectivity index (χ1n) is 7.97. The number of carbonyl (C=O) groups is 1. The Labute approximate surface area is 127 Å². The van der Waals surface area contributed by atoms with E-state index in [-0.39, 0.29) is 5.91 Å². The van der Waals surface area contributed by atoms with Crippen LogP contribution >= 0.6 is 0 Å². The Hall–Kier alpha value is -1.39. The lowest BCUT2D eigenvalue weighted by Crippen LogP contribution is -2.39. The van der Waals surface area contributed by atoms with Gasteiger partial charge in [-0.25, -0.2) is 0 Å². The van der Waals surface area contributed by atoms with Gasteiger partial charge in [0.05, 0.1) is 0 Å². The van der Waals surface area contributed by atoms with E-state index in [0.29, 0.717) is 17.6 Å². The van der Waals surface area contributed by atoms with Gasteiger partial charge in [0, 0.05) is 31.2 Å². The van der Waals surface area contributed by atoms with Gasteiger partial charge in [-0.3, -0.25) is 4.79 Å². The Kier molecular flexibility index (Phi) is 6.21. The van der Waals surface area contributed by atoms with Crippen LogP contribution in [0.25, 0.3) is 0 Å². The topological polar surface area (TPSA) is 53.2 Å². The molecule has 1 saturated heterocycles.